The van der Waals surface area contributed by atoms with E-state index >= 15 is 0 Å². The lowest BCUT2D eigenvalue weighted by molar-refractivity contribution is -0.136. The first kappa shape index (κ1) is 23.7. The molecule has 4 rings (SSSR count). The number of nitrogens with one attached hydrogen (secondary N) is 1. The summed E-state index contributed by atoms with van der Waals surface area (Å²) in [5.74, 6) is 0.148. The van der Waals surface area contributed by atoms with Gasteiger partial charge >= 0.3 is 12.2 Å². The zero-order valence-corrected chi connectivity index (χ0v) is 19.5. The number of alkyl halides is 3. The third-order valence-corrected chi connectivity index (χ3v) is 5.87. The average molecular weight is 468 g/mol. The summed E-state index contributed by atoms with van der Waals surface area (Å²) in [7, 11) is 0. The Morgan fingerprint density at radius 1 is 0.971 bits per heavy atom. The fourth-order valence-corrected chi connectivity index (χ4v) is 4.45. The molecule has 0 aliphatic heterocycles. The minimum Gasteiger partial charge on any atom is -0.341 e. The molecule has 0 bridgehead atoms. The van der Waals surface area contributed by atoms with Gasteiger partial charge in [-0.1, -0.05) is 50.2 Å². The van der Waals surface area contributed by atoms with Crippen LogP contribution in [0.1, 0.15) is 31.9 Å². The first-order valence-electron chi connectivity index (χ1n) is 11.4. The maximum atomic E-state index is 13.4. The number of carbonyl (C=O) groups is 1. The Kier molecular flexibility index (Phi) is 6.55. The van der Waals surface area contributed by atoms with Gasteiger partial charge in [0.2, 0.25) is 0 Å². The fraction of sp³-hybridized carbons (Fsp3) is 0.296. The van der Waals surface area contributed by atoms with E-state index in [2.05, 4.69) is 41.1 Å². The Morgan fingerprint density at radius 3 is 2.35 bits per heavy atom. The van der Waals surface area contributed by atoms with Gasteiger partial charge in [0.25, 0.3) is 0 Å². The average Bonchev–Trinajstić information content (AvgIpc) is 3.11. The highest BCUT2D eigenvalue weighted by atomic mass is 19.4. The van der Waals surface area contributed by atoms with E-state index in [-0.39, 0.29) is 11.6 Å². The predicted molar refractivity (Wildman–Crippen MR) is 131 cm³/mol. The number of fused-ring (bicyclic) bond motifs is 3. The highest BCUT2D eigenvalue weighted by Gasteiger charge is 2.34. The molecule has 0 aliphatic carbocycles. The molecule has 0 fully saturated rings. The van der Waals surface area contributed by atoms with Crippen LogP contribution < -0.4 is 5.32 Å². The molecule has 1 N–H and O–H groups in total. The molecule has 0 atom stereocenters. The summed E-state index contributed by atoms with van der Waals surface area (Å²) < 4.78 is 42.4. The van der Waals surface area contributed by atoms with Crippen LogP contribution in [-0.4, -0.2) is 22.0 Å². The van der Waals surface area contributed by atoms with Crippen molar-refractivity contribution >= 4 is 33.5 Å². The minimum absolute atomic E-state index is 0.148. The summed E-state index contributed by atoms with van der Waals surface area (Å²) in [6, 6.07) is 18.8. The van der Waals surface area contributed by atoms with Gasteiger partial charge in [0.05, 0.1) is 11.3 Å². The molecule has 34 heavy (non-hydrogen) atoms. The first-order valence-corrected chi connectivity index (χ1v) is 11.4. The summed E-state index contributed by atoms with van der Waals surface area (Å²) in [4.78, 5) is 14.7. The smallest absolute Gasteiger partial charge is 0.341 e. The number of urea groups is 1. The van der Waals surface area contributed by atoms with E-state index in [9.17, 15) is 18.0 Å². The van der Waals surface area contributed by atoms with Crippen molar-refractivity contribution in [1.82, 2.24) is 9.47 Å². The van der Waals surface area contributed by atoms with Gasteiger partial charge in [0.15, 0.2) is 0 Å². The summed E-state index contributed by atoms with van der Waals surface area (Å²) in [5.41, 5.74) is 2.09. The second kappa shape index (κ2) is 9.41. The largest absolute Gasteiger partial charge is 0.418 e. The SMILES string of the molecule is CCn1c2ccccc2c2cc(CN(CC(C)C)C(=O)Nc3ccccc3C(F)(F)F)ccc21. The lowest BCUT2D eigenvalue weighted by atomic mass is 10.1. The van der Waals surface area contributed by atoms with Crippen LogP contribution in [0.5, 0.6) is 0 Å². The first-order chi connectivity index (χ1) is 16.2. The summed E-state index contributed by atoms with van der Waals surface area (Å²) >= 11 is 0. The van der Waals surface area contributed by atoms with E-state index in [4.69, 9.17) is 0 Å². The molecule has 0 aliphatic rings. The van der Waals surface area contributed by atoms with Gasteiger partial charge in [0.1, 0.15) is 0 Å². The number of aromatic nitrogens is 1. The number of rotatable bonds is 6. The molecule has 178 valence electrons. The Balaban J connectivity index is 1.66. The maximum absolute atomic E-state index is 13.4. The number of halogens is 3. The van der Waals surface area contributed by atoms with Crippen LogP contribution in [0.15, 0.2) is 66.7 Å². The normalized spacial score (nSPS) is 12.0. The van der Waals surface area contributed by atoms with Crippen molar-refractivity contribution in [1.29, 1.82) is 0 Å². The van der Waals surface area contributed by atoms with Crippen LogP contribution in [0.3, 0.4) is 0 Å². The molecule has 0 spiro atoms. The quantitative estimate of drug-likeness (QED) is 0.313. The van der Waals surface area contributed by atoms with Gasteiger partial charge in [-0.15, -0.1) is 0 Å². The van der Waals surface area contributed by atoms with Crippen LogP contribution in [0.4, 0.5) is 23.7 Å². The topological polar surface area (TPSA) is 37.3 Å². The minimum atomic E-state index is -4.55. The van der Waals surface area contributed by atoms with Crippen molar-refractivity contribution in [3.63, 3.8) is 0 Å². The molecular weight excluding hydrogens is 439 g/mol. The standard InChI is InChI=1S/C27H28F3N3O/c1-4-33-24-12-8-5-9-20(24)21-15-19(13-14-25(21)33)17-32(16-18(2)3)26(34)31-23-11-7-6-10-22(23)27(28,29)30/h5-15,18H,4,16-17H2,1-3H3,(H,31,34). The van der Waals surface area contributed by atoms with Gasteiger partial charge in [0, 0.05) is 41.4 Å². The van der Waals surface area contributed by atoms with Crippen LogP contribution in [0.25, 0.3) is 21.8 Å². The van der Waals surface area contributed by atoms with Gasteiger partial charge in [-0.25, -0.2) is 4.79 Å². The van der Waals surface area contributed by atoms with E-state index in [0.29, 0.717) is 13.1 Å². The van der Waals surface area contributed by atoms with Crippen molar-refractivity contribution in [2.45, 2.75) is 40.0 Å². The van der Waals surface area contributed by atoms with Crippen LogP contribution >= 0.6 is 0 Å². The Labute approximate surface area is 197 Å². The van der Waals surface area contributed by atoms with Crippen molar-refractivity contribution in [2.75, 3.05) is 11.9 Å². The number of amides is 2. The van der Waals surface area contributed by atoms with Gasteiger partial charge in [-0.05, 0) is 48.7 Å². The third kappa shape index (κ3) is 4.74. The maximum Gasteiger partial charge on any atom is 0.418 e. The molecule has 2 amide bonds. The lowest BCUT2D eigenvalue weighted by Gasteiger charge is -2.26. The molecule has 0 unspecified atom stereocenters. The van der Waals surface area contributed by atoms with Gasteiger partial charge in [-0.3, -0.25) is 0 Å². The number of para-hydroxylation sites is 2. The van der Waals surface area contributed by atoms with E-state index < -0.39 is 17.8 Å². The third-order valence-electron chi connectivity index (χ3n) is 5.87. The van der Waals surface area contributed by atoms with Crippen molar-refractivity contribution in [3.05, 3.63) is 77.9 Å². The summed E-state index contributed by atoms with van der Waals surface area (Å²) in [6.07, 6.45) is -4.55. The molecule has 3 aromatic carbocycles. The molecule has 4 aromatic rings. The van der Waals surface area contributed by atoms with Crippen LogP contribution in [-0.2, 0) is 19.3 Å². The molecule has 0 radical (unpaired) electrons. The Bertz CT molecular complexity index is 1320. The van der Waals surface area contributed by atoms with E-state index in [0.717, 1.165) is 40.0 Å². The zero-order valence-electron chi connectivity index (χ0n) is 19.5. The highest BCUT2D eigenvalue weighted by molar-refractivity contribution is 6.08. The van der Waals surface area contributed by atoms with E-state index in [1.807, 2.05) is 32.0 Å². The number of nitrogens with zero attached hydrogens (tertiary/aromatic N) is 2. The van der Waals surface area contributed by atoms with Crippen LogP contribution in [0.2, 0.25) is 0 Å². The molecule has 1 heterocycles. The monoisotopic (exact) mass is 467 g/mol. The summed E-state index contributed by atoms with van der Waals surface area (Å²) in [5, 5.41) is 4.72. The number of anilines is 1. The number of benzene rings is 3. The fourth-order valence-electron chi connectivity index (χ4n) is 4.45. The predicted octanol–water partition coefficient (Wildman–Crippen LogP) is 7.52. The van der Waals surface area contributed by atoms with E-state index in [1.54, 1.807) is 4.90 Å². The van der Waals surface area contributed by atoms with E-state index in [1.165, 1.54) is 18.2 Å². The molecule has 0 saturated carbocycles. The summed E-state index contributed by atoms with van der Waals surface area (Å²) in [6.45, 7) is 7.59. The van der Waals surface area contributed by atoms with Crippen LogP contribution in [0, 0.1) is 5.92 Å². The molecular formula is C27H28F3N3O. The second-order valence-electron chi connectivity index (χ2n) is 8.86. The number of carbonyl (C=O) groups excluding carboxylic acids is 1. The molecule has 7 heteroatoms. The van der Waals surface area contributed by atoms with Crippen molar-refractivity contribution < 1.29 is 18.0 Å². The Hall–Kier alpha value is -3.48. The molecule has 0 saturated heterocycles. The zero-order chi connectivity index (χ0) is 24.5. The number of hydrogen-bond donors (Lipinski definition) is 1. The second-order valence-corrected chi connectivity index (χ2v) is 8.86. The highest BCUT2D eigenvalue weighted by Crippen LogP contribution is 2.35. The molecule has 1 aromatic heterocycles. The number of hydrogen-bond acceptors (Lipinski definition) is 1. The number of aryl methyl sites for hydroxylation is 1. The van der Waals surface area contributed by atoms with Crippen molar-refractivity contribution in [2.24, 2.45) is 5.92 Å². The van der Waals surface area contributed by atoms with Crippen molar-refractivity contribution in [3.8, 4) is 0 Å². The molecule has 4 nitrogen and oxygen atoms in total. The van der Waals surface area contributed by atoms with Gasteiger partial charge in [-0.2, -0.15) is 13.2 Å². The lowest BCUT2D eigenvalue weighted by Crippen LogP contribution is -2.37. The van der Waals surface area contributed by atoms with Gasteiger partial charge < -0.3 is 14.8 Å². The Morgan fingerprint density at radius 2 is 1.65 bits per heavy atom.